The molecular formula is C15H23ClN4O4S. The van der Waals surface area contributed by atoms with Crippen molar-refractivity contribution >= 4 is 33.5 Å². The lowest BCUT2D eigenvalue weighted by molar-refractivity contribution is 0.0401. The van der Waals surface area contributed by atoms with Gasteiger partial charge in [-0.15, -0.1) is 12.4 Å². The number of halogens is 1. The molecule has 0 saturated carbocycles. The first-order valence-electron chi connectivity index (χ1n) is 8.00. The van der Waals surface area contributed by atoms with E-state index < -0.39 is 10.0 Å². The van der Waals surface area contributed by atoms with Gasteiger partial charge >= 0.3 is 0 Å². The topological polar surface area (TPSA) is 112 Å². The van der Waals surface area contributed by atoms with Crippen LogP contribution in [0.1, 0.15) is 25.5 Å². The van der Waals surface area contributed by atoms with E-state index in [9.17, 15) is 8.42 Å². The number of methoxy groups -OCH3 is 1. The maximum atomic E-state index is 13.1. The van der Waals surface area contributed by atoms with E-state index in [-0.39, 0.29) is 36.0 Å². The summed E-state index contributed by atoms with van der Waals surface area (Å²) in [7, 11) is -2.05. The van der Waals surface area contributed by atoms with Crippen molar-refractivity contribution in [2.45, 2.75) is 43.2 Å². The fourth-order valence-electron chi connectivity index (χ4n) is 3.13. The Bertz CT molecular complexity index is 826. The van der Waals surface area contributed by atoms with Gasteiger partial charge in [-0.25, -0.2) is 13.4 Å². The summed E-state index contributed by atoms with van der Waals surface area (Å²) in [5.41, 5.74) is 6.85. The Morgan fingerprint density at radius 3 is 2.88 bits per heavy atom. The molecule has 2 aromatic rings. The highest BCUT2D eigenvalue weighted by molar-refractivity contribution is 7.89. The number of sulfonamides is 1. The van der Waals surface area contributed by atoms with Gasteiger partial charge in [-0.2, -0.15) is 4.31 Å². The molecule has 1 fully saturated rings. The van der Waals surface area contributed by atoms with E-state index >= 15 is 0 Å². The van der Waals surface area contributed by atoms with Gasteiger partial charge in [-0.3, -0.25) is 0 Å². The third kappa shape index (κ3) is 3.65. The molecule has 2 N–H and O–H groups in total. The molecule has 8 nitrogen and oxygen atoms in total. The molecule has 0 spiro atoms. The van der Waals surface area contributed by atoms with E-state index in [2.05, 4.69) is 10.1 Å². The van der Waals surface area contributed by atoms with Gasteiger partial charge in [0.05, 0.1) is 23.4 Å². The van der Waals surface area contributed by atoms with Crippen LogP contribution in [0.15, 0.2) is 21.7 Å². The zero-order valence-corrected chi connectivity index (χ0v) is 15.8. The maximum absolute atomic E-state index is 13.1. The lowest BCUT2D eigenvalue weighted by Crippen LogP contribution is -2.51. The zero-order valence-electron chi connectivity index (χ0n) is 14.2. The van der Waals surface area contributed by atoms with Crippen molar-refractivity contribution in [3.63, 3.8) is 0 Å². The molecule has 25 heavy (non-hydrogen) atoms. The molecule has 1 aliphatic heterocycles. The van der Waals surface area contributed by atoms with E-state index in [0.29, 0.717) is 42.6 Å². The van der Waals surface area contributed by atoms with Crippen molar-refractivity contribution in [2.75, 3.05) is 20.2 Å². The number of pyridine rings is 1. The second-order valence-electron chi connectivity index (χ2n) is 5.89. The first kappa shape index (κ1) is 20.1. The summed E-state index contributed by atoms with van der Waals surface area (Å²) < 4.78 is 38.0. The summed E-state index contributed by atoms with van der Waals surface area (Å²) in [5, 5.41) is 4.55. The summed E-state index contributed by atoms with van der Waals surface area (Å²) in [6, 6.07) is 1.31. The Balaban J connectivity index is 0.00000225. The summed E-state index contributed by atoms with van der Waals surface area (Å²) in [5.74, 6) is 0. The molecule has 0 radical (unpaired) electrons. The van der Waals surface area contributed by atoms with Crippen LogP contribution in [0.2, 0.25) is 0 Å². The molecule has 140 valence electrons. The van der Waals surface area contributed by atoms with Crippen LogP contribution < -0.4 is 5.73 Å². The summed E-state index contributed by atoms with van der Waals surface area (Å²) in [4.78, 5) is 4.24. The van der Waals surface area contributed by atoms with Gasteiger partial charge in [0, 0.05) is 26.2 Å². The minimum Gasteiger partial charge on any atom is -0.381 e. The Labute approximate surface area is 153 Å². The van der Waals surface area contributed by atoms with Crippen LogP contribution in [-0.2, 0) is 21.2 Å². The third-order valence-electron chi connectivity index (χ3n) is 4.54. The average Bonchev–Trinajstić information content (AvgIpc) is 3.03. The molecule has 1 saturated heterocycles. The summed E-state index contributed by atoms with van der Waals surface area (Å²) in [6.07, 6.45) is 3.24. The van der Waals surface area contributed by atoms with Crippen molar-refractivity contribution in [3.05, 3.63) is 18.0 Å². The van der Waals surface area contributed by atoms with Crippen LogP contribution in [-0.4, -0.2) is 55.2 Å². The van der Waals surface area contributed by atoms with Gasteiger partial charge in [0.2, 0.25) is 10.0 Å². The Morgan fingerprint density at radius 2 is 2.24 bits per heavy atom. The van der Waals surface area contributed by atoms with Crippen LogP contribution in [0.3, 0.4) is 0 Å². The van der Waals surface area contributed by atoms with E-state index in [1.165, 1.54) is 10.5 Å². The molecule has 2 aromatic heterocycles. The number of fused-ring (bicyclic) bond motifs is 1. The Hall–Kier alpha value is -1.26. The van der Waals surface area contributed by atoms with Crippen LogP contribution in [0, 0.1) is 0 Å². The van der Waals surface area contributed by atoms with Gasteiger partial charge in [0.15, 0.2) is 0 Å². The lowest BCUT2D eigenvalue weighted by atomic mass is 10.0. The summed E-state index contributed by atoms with van der Waals surface area (Å²) >= 11 is 0. The van der Waals surface area contributed by atoms with Crippen LogP contribution >= 0.6 is 12.4 Å². The summed E-state index contributed by atoms with van der Waals surface area (Å²) in [6.45, 7) is 2.56. The molecule has 10 heteroatoms. The number of hydrogen-bond acceptors (Lipinski definition) is 7. The SMILES string of the molecule is CCc1noc2ncc(S(=O)(=O)N3CCC(OC)CC3CN)cc12.Cl. The number of nitrogens with two attached hydrogens (primary N) is 1. The van der Waals surface area contributed by atoms with E-state index in [1.54, 1.807) is 13.2 Å². The molecule has 1 aliphatic rings. The fraction of sp³-hybridized carbons (Fsp3) is 0.600. The van der Waals surface area contributed by atoms with Crippen molar-refractivity contribution in [1.82, 2.24) is 14.4 Å². The molecule has 3 rings (SSSR count). The van der Waals surface area contributed by atoms with Gasteiger partial charge < -0.3 is 15.0 Å². The van der Waals surface area contributed by atoms with E-state index in [0.717, 1.165) is 0 Å². The Kier molecular flexibility index (Phi) is 6.39. The average molecular weight is 391 g/mol. The predicted molar refractivity (Wildman–Crippen MR) is 95.2 cm³/mol. The second-order valence-corrected chi connectivity index (χ2v) is 7.78. The standard InChI is InChI=1S/C15H22N4O4S.ClH/c1-3-14-13-7-12(9-17-15(13)23-18-14)24(20,21)19-5-4-11(22-2)6-10(19)8-16;/h7,9-11H,3-6,8,16H2,1-2H3;1H. The number of rotatable bonds is 5. The maximum Gasteiger partial charge on any atom is 0.258 e. The van der Waals surface area contributed by atoms with E-state index in [4.69, 9.17) is 15.0 Å². The number of hydrogen-bond donors (Lipinski definition) is 1. The van der Waals surface area contributed by atoms with Crippen LogP contribution in [0.5, 0.6) is 0 Å². The Morgan fingerprint density at radius 1 is 1.48 bits per heavy atom. The molecule has 2 unspecified atom stereocenters. The molecule has 2 atom stereocenters. The first-order chi connectivity index (χ1) is 11.5. The van der Waals surface area contributed by atoms with Crippen molar-refractivity contribution < 1.29 is 17.7 Å². The fourth-order valence-corrected chi connectivity index (χ4v) is 4.76. The molecule has 0 amide bonds. The highest BCUT2D eigenvalue weighted by Crippen LogP contribution is 2.28. The molecular weight excluding hydrogens is 368 g/mol. The van der Waals surface area contributed by atoms with Gasteiger partial charge in [0.1, 0.15) is 4.90 Å². The molecule has 0 aromatic carbocycles. The van der Waals surface area contributed by atoms with Crippen molar-refractivity contribution in [2.24, 2.45) is 5.73 Å². The minimum atomic E-state index is -3.68. The number of nitrogens with zero attached hydrogens (tertiary/aromatic N) is 3. The van der Waals surface area contributed by atoms with Gasteiger partial charge in [0.25, 0.3) is 5.71 Å². The zero-order chi connectivity index (χ0) is 17.3. The third-order valence-corrected chi connectivity index (χ3v) is 6.46. The molecule has 3 heterocycles. The highest BCUT2D eigenvalue weighted by atomic mass is 35.5. The van der Waals surface area contributed by atoms with Gasteiger partial charge in [-0.1, -0.05) is 12.1 Å². The monoisotopic (exact) mass is 390 g/mol. The first-order valence-corrected chi connectivity index (χ1v) is 9.44. The molecule has 0 aliphatic carbocycles. The highest BCUT2D eigenvalue weighted by Gasteiger charge is 2.36. The second kappa shape index (κ2) is 7.96. The van der Waals surface area contributed by atoms with Crippen LogP contribution in [0.25, 0.3) is 11.1 Å². The number of ether oxygens (including phenoxy) is 1. The van der Waals surface area contributed by atoms with E-state index in [1.807, 2.05) is 6.92 Å². The predicted octanol–water partition coefficient (Wildman–Crippen LogP) is 1.33. The quantitative estimate of drug-likeness (QED) is 0.819. The molecule has 0 bridgehead atoms. The lowest BCUT2D eigenvalue weighted by Gasteiger charge is -2.37. The smallest absolute Gasteiger partial charge is 0.258 e. The number of piperidine rings is 1. The van der Waals surface area contributed by atoms with Crippen molar-refractivity contribution in [1.29, 1.82) is 0 Å². The largest absolute Gasteiger partial charge is 0.381 e. The number of aromatic nitrogens is 2. The van der Waals surface area contributed by atoms with Gasteiger partial charge in [-0.05, 0) is 25.3 Å². The minimum absolute atomic E-state index is 0. The normalized spacial score (nSPS) is 22.0. The van der Waals surface area contributed by atoms with Crippen LogP contribution in [0.4, 0.5) is 0 Å². The van der Waals surface area contributed by atoms with Crippen molar-refractivity contribution in [3.8, 4) is 0 Å². The number of aryl methyl sites for hydroxylation is 1.